The van der Waals surface area contributed by atoms with Gasteiger partial charge in [-0.3, -0.25) is 4.79 Å². The molecule has 1 saturated carbocycles. The van der Waals surface area contributed by atoms with E-state index < -0.39 is 5.82 Å². The van der Waals surface area contributed by atoms with Gasteiger partial charge in [0.25, 0.3) is 0 Å². The minimum Gasteiger partial charge on any atom is -0.483 e. The Bertz CT molecular complexity index is 837. The number of thioether (sulfide) groups is 1. The predicted molar refractivity (Wildman–Crippen MR) is 125 cm³/mol. The van der Waals surface area contributed by atoms with Gasteiger partial charge in [-0.15, -0.1) is 10.2 Å². The molecule has 1 heterocycles. The Labute approximate surface area is 194 Å². The van der Waals surface area contributed by atoms with Gasteiger partial charge in [0.2, 0.25) is 5.91 Å². The molecule has 3 rings (SSSR count). The van der Waals surface area contributed by atoms with Gasteiger partial charge in [-0.05, 0) is 31.4 Å². The van der Waals surface area contributed by atoms with Crippen LogP contribution in [0.3, 0.4) is 0 Å². The van der Waals surface area contributed by atoms with Crippen molar-refractivity contribution in [3.05, 3.63) is 35.9 Å². The molecule has 8 heteroatoms. The molecular weight excluding hydrogens is 427 g/mol. The molecule has 0 radical (unpaired) electrons. The second-order valence-corrected chi connectivity index (χ2v) is 9.32. The van der Waals surface area contributed by atoms with Crippen molar-refractivity contribution in [3.8, 4) is 5.75 Å². The number of nitrogens with one attached hydrogen (secondary N) is 1. The van der Waals surface area contributed by atoms with Crippen molar-refractivity contribution in [1.29, 1.82) is 0 Å². The number of nitrogens with zero attached hydrogens (tertiary/aromatic N) is 3. The number of para-hydroxylation sites is 1. The van der Waals surface area contributed by atoms with Crippen LogP contribution in [0.2, 0.25) is 0 Å². The van der Waals surface area contributed by atoms with E-state index in [1.165, 1.54) is 49.9 Å². The number of carbonyl (C=O) groups excluding carboxylic acids is 1. The van der Waals surface area contributed by atoms with E-state index in [9.17, 15) is 9.18 Å². The average molecular weight is 463 g/mol. The van der Waals surface area contributed by atoms with Crippen LogP contribution in [-0.2, 0) is 17.9 Å². The van der Waals surface area contributed by atoms with E-state index in [4.69, 9.17) is 4.74 Å². The minimum absolute atomic E-state index is 0.0478. The number of hydrogen-bond acceptors (Lipinski definition) is 5. The van der Waals surface area contributed by atoms with Crippen LogP contribution in [0.5, 0.6) is 5.75 Å². The summed E-state index contributed by atoms with van der Waals surface area (Å²) in [5.74, 6) is 0.817. The molecule has 1 amide bonds. The van der Waals surface area contributed by atoms with Crippen molar-refractivity contribution >= 4 is 17.7 Å². The molecule has 32 heavy (non-hydrogen) atoms. The molecule has 0 spiro atoms. The van der Waals surface area contributed by atoms with Crippen molar-refractivity contribution in [2.75, 3.05) is 5.75 Å². The van der Waals surface area contributed by atoms with Gasteiger partial charge in [0, 0.05) is 12.6 Å². The number of amides is 1. The lowest BCUT2D eigenvalue weighted by atomic mass is 10.1. The number of benzene rings is 1. The van der Waals surface area contributed by atoms with E-state index in [0.717, 1.165) is 38.6 Å². The standard InChI is InChI=1S/C24H35FN4O2S/c1-2-3-4-11-16-29-22(17-31-21-15-10-9-14-20(21)25)27-28-24(29)32-18-23(30)26-19-12-7-5-6-8-13-19/h9-10,14-15,19H,2-8,11-13,16-18H2,1H3,(H,26,30). The zero-order chi connectivity index (χ0) is 22.6. The van der Waals surface area contributed by atoms with E-state index in [2.05, 4.69) is 22.4 Å². The molecule has 6 nitrogen and oxygen atoms in total. The largest absolute Gasteiger partial charge is 0.483 e. The Morgan fingerprint density at radius 1 is 1.16 bits per heavy atom. The molecule has 1 N–H and O–H groups in total. The van der Waals surface area contributed by atoms with Gasteiger partial charge in [0.05, 0.1) is 5.75 Å². The molecule has 0 saturated heterocycles. The van der Waals surface area contributed by atoms with Gasteiger partial charge in [0.1, 0.15) is 6.61 Å². The van der Waals surface area contributed by atoms with E-state index in [1.807, 2.05) is 4.57 Å². The summed E-state index contributed by atoms with van der Waals surface area (Å²) in [4.78, 5) is 12.5. The second-order valence-electron chi connectivity index (χ2n) is 8.37. The van der Waals surface area contributed by atoms with Gasteiger partial charge in [0.15, 0.2) is 22.5 Å². The first-order chi connectivity index (χ1) is 15.7. The average Bonchev–Trinajstić information content (AvgIpc) is 2.99. The van der Waals surface area contributed by atoms with Crippen LogP contribution in [0.25, 0.3) is 0 Å². The second kappa shape index (κ2) is 13.5. The van der Waals surface area contributed by atoms with Crippen LogP contribution in [-0.4, -0.2) is 32.5 Å². The highest BCUT2D eigenvalue weighted by Gasteiger charge is 2.18. The molecule has 176 valence electrons. The summed E-state index contributed by atoms with van der Waals surface area (Å²) >= 11 is 1.41. The molecule has 1 aliphatic rings. The van der Waals surface area contributed by atoms with E-state index >= 15 is 0 Å². The fraction of sp³-hybridized carbons (Fsp3) is 0.625. The quantitative estimate of drug-likeness (QED) is 0.256. The maximum Gasteiger partial charge on any atom is 0.230 e. The number of hydrogen-bond donors (Lipinski definition) is 1. The molecule has 2 aromatic rings. The van der Waals surface area contributed by atoms with Gasteiger partial charge >= 0.3 is 0 Å². The lowest BCUT2D eigenvalue weighted by Gasteiger charge is -2.16. The zero-order valence-corrected chi connectivity index (χ0v) is 19.8. The van der Waals surface area contributed by atoms with Crippen LogP contribution in [0.15, 0.2) is 29.4 Å². The third kappa shape index (κ3) is 7.80. The van der Waals surface area contributed by atoms with Crippen LogP contribution in [0.4, 0.5) is 4.39 Å². The van der Waals surface area contributed by atoms with Crippen LogP contribution >= 0.6 is 11.8 Å². The minimum atomic E-state index is -0.397. The number of unbranched alkanes of at least 4 members (excludes halogenated alkanes) is 3. The molecule has 0 bridgehead atoms. The third-order valence-electron chi connectivity index (χ3n) is 5.77. The summed E-state index contributed by atoms with van der Waals surface area (Å²) in [7, 11) is 0. The number of ether oxygens (including phenoxy) is 1. The fourth-order valence-electron chi connectivity index (χ4n) is 3.98. The van der Waals surface area contributed by atoms with E-state index in [1.54, 1.807) is 18.2 Å². The SMILES string of the molecule is CCCCCCn1c(COc2ccccc2F)nnc1SCC(=O)NC1CCCCCC1. The smallest absolute Gasteiger partial charge is 0.230 e. The molecular formula is C24H35FN4O2S. The zero-order valence-electron chi connectivity index (χ0n) is 19.0. The summed E-state index contributed by atoms with van der Waals surface area (Å²) in [6, 6.07) is 6.64. The Morgan fingerprint density at radius 2 is 1.94 bits per heavy atom. The summed E-state index contributed by atoms with van der Waals surface area (Å²) in [6.07, 6.45) is 11.5. The van der Waals surface area contributed by atoms with Gasteiger partial charge in [-0.2, -0.15) is 0 Å². The van der Waals surface area contributed by atoms with Crippen molar-refractivity contribution in [2.24, 2.45) is 0 Å². The van der Waals surface area contributed by atoms with E-state index in [0.29, 0.717) is 22.8 Å². The lowest BCUT2D eigenvalue weighted by molar-refractivity contribution is -0.119. The summed E-state index contributed by atoms with van der Waals surface area (Å²) < 4.78 is 21.6. The lowest BCUT2D eigenvalue weighted by Crippen LogP contribution is -2.35. The Hall–Kier alpha value is -2.09. The monoisotopic (exact) mass is 462 g/mol. The molecule has 1 fully saturated rings. The molecule has 0 aliphatic heterocycles. The van der Waals surface area contributed by atoms with Crippen LogP contribution in [0, 0.1) is 5.82 Å². The highest BCUT2D eigenvalue weighted by Crippen LogP contribution is 2.22. The van der Waals surface area contributed by atoms with Crippen LogP contribution in [0.1, 0.15) is 77.0 Å². The Kier molecular flexibility index (Phi) is 10.3. The van der Waals surface area contributed by atoms with Crippen molar-refractivity contribution < 1.29 is 13.9 Å². The molecule has 0 unspecified atom stereocenters. The summed E-state index contributed by atoms with van der Waals surface area (Å²) in [5.41, 5.74) is 0. The number of carbonyl (C=O) groups is 1. The van der Waals surface area contributed by atoms with Crippen molar-refractivity contribution in [3.63, 3.8) is 0 Å². The van der Waals surface area contributed by atoms with Crippen molar-refractivity contribution in [1.82, 2.24) is 20.1 Å². The topological polar surface area (TPSA) is 69.0 Å². The molecule has 1 aliphatic carbocycles. The highest BCUT2D eigenvalue weighted by molar-refractivity contribution is 7.99. The summed E-state index contributed by atoms with van der Waals surface area (Å²) in [5, 5.41) is 12.5. The van der Waals surface area contributed by atoms with Gasteiger partial charge in [-0.25, -0.2) is 4.39 Å². The van der Waals surface area contributed by atoms with Gasteiger partial charge < -0.3 is 14.6 Å². The first kappa shape index (κ1) is 24.6. The maximum atomic E-state index is 13.9. The molecule has 1 aromatic carbocycles. The van der Waals surface area contributed by atoms with E-state index in [-0.39, 0.29) is 18.3 Å². The maximum absolute atomic E-state index is 13.9. The third-order valence-corrected chi connectivity index (χ3v) is 6.74. The number of halogens is 1. The Balaban J connectivity index is 1.59. The summed E-state index contributed by atoms with van der Waals surface area (Å²) in [6.45, 7) is 3.08. The first-order valence-corrected chi connectivity index (χ1v) is 12.9. The fourth-order valence-corrected chi connectivity index (χ4v) is 4.78. The Morgan fingerprint density at radius 3 is 2.69 bits per heavy atom. The van der Waals surface area contributed by atoms with Crippen molar-refractivity contribution in [2.45, 2.75) is 95.5 Å². The van der Waals surface area contributed by atoms with Gasteiger partial charge in [-0.1, -0.05) is 75.8 Å². The predicted octanol–water partition coefficient (Wildman–Crippen LogP) is 5.51. The highest BCUT2D eigenvalue weighted by atomic mass is 32.2. The number of rotatable bonds is 12. The molecule has 0 atom stereocenters. The number of aromatic nitrogens is 3. The first-order valence-electron chi connectivity index (χ1n) is 11.9. The normalized spacial score (nSPS) is 14.8. The van der Waals surface area contributed by atoms with Crippen LogP contribution < -0.4 is 10.1 Å². The molecule has 1 aromatic heterocycles.